The summed E-state index contributed by atoms with van der Waals surface area (Å²) in [5.41, 5.74) is 6.27. The van der Waals surface area contributed by atoms with Gasteiger partial charge < -0.3 is 5.32 Å². The van der Waals surface area contributed by atoms with Crippen LogP contribution in [0.15, 0.2) is 42.5 Å². The van der Waals surface area contributed by atoms with Crippen LogP contribution in [-0.4, -0.2) is 35.4 Å². The number of aryl methyl sites for hydroxylation is 1. The second-order valence-corrected chi connectivity index (χ2v) is 8.89. The van der Waals surface area contributed by atoms with Crippen LogP contribution in [0.25, 0.3) is 0 Å². The summed E-state index contributed by atoms with van der Waals surface area (Å²) >= 11 is 2.04. The average Bonchev–Trinajstić information content (AvgIpc) is 3.09. The zero-order chi connectivity index (χ0) is 18.6. The number of nitrogens with zero attached hydrogens (tertiary/aromatic N) is 1. The molecule has 27 heavy (non-hydrogen) atoms. The van der Waals surface area contributed by atoms with E-state index < -0.39 is 0 Å². The van der Waals surface area contributed by atoms with E-state index in [9.17, 15) is 4.79 Å². The number of carbonyl (C=O) groups excluding carboxylic acids is 1. The summed E-state index contributed by atoms with van der Waals surface area (Å²) in [6, 6.07) is 14.9. The van der Waals surface area contributed by atoms with Crippen molar-refractivity contribution >= 4 is 23.4 Å². The molecule has 0 spiro atoms. The number of rotatable bonds is 5. The van der Waals surface area contributed by atoms with Crippen LogP contribution in [0.5, 0.6) is 0 Å². The minimum absolute atomic E-state index is 0.131. The molecule has 4 rings (SSSR count). The fourth-order valence-electron chi connectivity index (χ4n) is 4.27. The Morgan fingerprint density at radius 3 is 2.81 bits per heavy atom. The largest absolute Gasteiger partial charge is 0.326 e. The summed E-state index contributed by atoms with van der Waals surface area (Å²) < 4.78 is 0. The van der Waals surface area contributed by atoms with Crippen LogP contribution in [0.2, 0.25) is 0 Å². The fourth-order valence-corrected chi connectivity index (χ4v) is 5.25. The molecule has 4 heteroatoms. The van der Waals surface area contributed by atoms with Crippen molar-refractivity contribution in [2.24, 2.45) is 0 Å². The molecule has 1 amide bonds. The maximum Gasteiger partial charge on any atom is 0.224 e. The topological polar surface area (TPSA) is 32.3 Å². The van der Waals surface area contributed by atoms with E-state index in [0.29, 0.717) is 12.3 Å². The maximum absolute atomic E-state index is 12.7. The number of carbonyl (C=O) groups is 1. The Balaban J connectivity index is 1.40. The normalized spacial score (nSPS) is 19.7. The van der Waals surface area contributed by atoms with Crippen LogP contribution in [-0.2, 0) is 17.8 Å². The molecule has 142 valence electrons. The molecule has 2 aromatic rings. The molecule has 1 fully saturated rings. The van der Waals surface area contributed by atoms with Crippen molar-refractivity contribution < 1.29 is 4.79 Å². The Morgan fingerprint density at radius 2 is 1.96 bits per heavy atom. The fraction of sp³-hybridized carbons (Fsp3) is 0.435. The van der Waals surface area contributed by atoms with Crippen LogP contribution in [0, 0.1) is 6.92 Å². The molecule has 1 aliphatic carbocycles. The lowest BCUT2D eigenvalue weighted by Crippen LogP contribution is -2.32. The Hall–Kier alpha value is -1.78. The predicted molar refractivity (Wildman–Crippen MR) is 115 cm³/mol. The minimum atomic E-state index is 0.131. The zero-order valence-corrected chi connectivity index (χ0v) is 16.9. The SMILES string of the molecule is Cc1c(CN2CCSCC2)cccc1NC(=O)CC1CCc2ccccc21. The van der Waals surface area contributed by atoms with E-state index in [1.165, 1.54) is 33.8 Å². The average molecular weight is 381 g/mol. The number of amides is 1. The molecular formula is C23H28N2OS. The Kier molecular flexibility index (Phi) is 5.84. The van der Waals surface area contributed by atoms with Gasteiger partial charge in [0.15, 0.2) is 0 Å². The third-order valence-corrected chi connectivity index (χ3v) is 6.85. The van der Waals surface area contributed by atoms with Gasteiger partial charge in [-0.1, -0.05) is 36.4 Å². The minimum Gasteiger partial charge on any atom is -0.326 e. The van der Waals surface area contributed by atoms with Crippen molar-refractivity contribution in [3.8, 4) is 0 Å². The molecule has 0 radical (unpaired) electrons. The number of fused-ring (bicyclic) bond motifs is 1. The maximum atomic E-state index is 12.7. The quantitative estimate of drug-likeness (QED) is 0.823. The first-order chi connectivity index (χ1) is 13.2. The molecule has 3 nitrogen and oxygen atoms in total. The van der Waals surface area contributed by atoms with E-state index >= 15 is 0 Å². The number of hydrogen-bond donors (Lipinski definition) is 1. The van der Waals surface area contributed by atoms with Gasteiger partial charge in [-0.2, -0.15) is 11.8 Å². The van der Waals surface area contributed by atoms with Gasteiger partial charge in [0.25, 0.3) is 0 Å². The molecule has 1 N–H and O–H groups in total. The van der Waals surface area contributed by atoms with E-state index in [0.717, 1.165) is 38.2 Å². The second-order valence-electron chi connectivity index (χ2n) is 7.66. The smallest absolute Gasteiger partial charge is 0.224 e. The lowest BCUT2D eigenvalue weighted by molar-refractivity contribution is -0.116. The standard InChI is InChI=1S/C23H28N2OS/c1-17-20(16-25-11-13-27-14-12-25)6-4-8-22(17)24-23(26)15-19-10-9-18-5-2-3-7-21(18)19/h2-8,19H,9-16H2,1H3,(H,24,26). The van der Waals surface area contributed by atoms with Crippen molar-refractivity contribution in [2.75, 3.05) is 29.9 Å². The summed E-state index contributed by atoms with van der Waals surface area (Å²) in [7, 11) is 0. The van der Waals surface area contributed by atoms with Gasteiger partial charge in [-0.3, -0.25) is 9.69 Å². The summed E-state index contributed by atoms with van der Waals surface area (Å²) in [4.78, 5) is 15.2. The molecule has 0 aromatic heterocycles. The van der Waals surface area contributed by atoms with Crippen LogP contribution in [0.4, 0.5) is 5.69 Å². The molecule has 1 aliphatic heterocycles. The van der Waals surface area contributed by atoms with Gasteiger partial charge in [0, 0.05) is 43.2 Å². The number of nitrogens with one attached hydrogen (secondary N) is 1. The van der Waals surface area contributed by atoms with Gasteiger partial charge >= 0.3 is 0 Å². The second kappa shape index (κ2) is 8.49. The Bertz CT molecular complexity index is 814. The van der Waals surface area contributed by atoms with E-state index in [1.54, 1.807) is 0 Å². The first-order valence-corrected chi connectivity index (χ1v) is 11.1. The molecular weight excluding hydrogens is 352 g/mol. The first kappa shape index (κ1) is 18.6. The highest BCUT2D eigenvalue weighted by atomic mass is 32.2. The summed E-state index contributed by atoms with van der Waals surface area (Å²) in [6.07, 6.45) is 2.75. The van der Waals surface area contributed by atoms with Crippen molar-refractivity contribution in [3.63, 3.8) is 0 Å². The van der Waals surface area contributed by atoms with Gasteiger partial charge in [0.2, 0.25) is 5.91 Å². The van der Waals surface area contributed by atoms with Crippen molar-refractivity contribution in [1.82, 2.24) is 4.90 Å². The van der Waals surface area contributed by atoms with Crippen LogP contribution < -0.4 is 5.32 Å². The number of hydrogen-bond acceptors (Lipinski definition) is 3. The van der Waals surface area contributed by atoms with E-state index in [1.807, 2.05) is 17.8 Å². The lowest BCUT2D eigenvalue weighted by atomic mass is 9.97. The lowest BCUT2D eigenvalue weighted by Gasteiger charge is -2.27. The van der Waals surface area contributed by atoms with Crippen molar-refractivity contribution in [3.05, 3.63) is 64.7 Å². The molecule has 1 atom stereocenters. The van der Waals surface area contributed by atoms with Crippen molar-refractivity contribution in [1.29, 1.82) is 0 Å². The van der Waals surface area contributed by atoms with Gasteiger partial charge in [-0.05, 0) is 54.0 Å². The first-order valence-electron chi connectivity index (χ1n) is 9.97. The third kappa shape index (κ3) is 4.39. The summed E-state index contributed by atoms with van der Waals surface area (Å²) in [5, 5.41) is 3.18. The third-order valence-electron chi connectivity index (χ3n) is 5.91. The van der Waals surface area contributed by atoms with E-state index in [2.05, 4.69) is 53.5 Å². The molecule has 2 aromatic carbocycles. The summed E-state index contributed by atoms with van der Waals surface area (Å²) in [5.74, 6) is 2.93. The van der Waals surface area contributed by atoms with Gasteiger partial charge in [-0.15, -0.1) is 0 Å². The summed E-state index contributed by atoms with van der Waals surface area (Å²) in [6.45, 7) is 5.42. The number of anilines is 1. The van der Waals surface area contributed by atoms with Crippen LogP contribution >= 0.6 is 11.8 Å². The molecule has 0 saturated carbocycles. The van der Waals surface area contributed by atoms with Gasteiger partial charge in [0.05, 0.1) is 0 Å². The van der Waals surface area contributed by atoms with Gasteiger partial charge in [0.1, 0.15) is 0 Å². The molecule has 2 aliphatic rings. The van der Waals surface area contributed by atoms with Crippen molar-refractivity contribution in [2.45, 2.75) is 38.6 Å². The highest BCUT2D eigenvalue weighted by Crippen LogP contribution is 2.35. The number of benzene rings is 2. The molecule has 1 unspecified atom stereocenters. The monoisotopic (exact) mass is 380 g/mol. The molecule has 0 bridgehead atoms. The van der Waals surface area contributed by atoms with Gasteiger partial charge in [-0.25, -0.2) is 0 Å². The molecule has 1 saturated heterocycles. The molecule has 1 heterocycles. The highest BCUT2D eigenvalue weighted by Gasteiger charge is 2.24. The van der Waals surface area contributed by atoms with E-state index in [4.69, 9.17) is 0 Å². The predicted octanol–water partition coefficient (Wildman–Crippen LogP) is 4.60. The number of thioether (sulfide) groups is 1. The van der Waals surface area contributed by atoms with E-state index in [-0.39, 0.29) is 5.91 Å². The van der Waals surface area contributed by atoms with Crippen LogP contribution in [0.3, 0.4) is 0 Å². The Morgan fingerprint density at radius 1 is 1.15 bits per heavy atom. The zero-order valence-electron chi connectivity index (χ0n) is 16.0. The highest BCUT2D eigenvalue weighted by molar-refractivity contribution is 7.99. The van der Waals surface area contributed by atoms with Crippen LogP contribution in [0.1, 0.15) is 41.0 Å². The Labute approximate surface area is 166 Å².